The lowest BCUT2D eigenvalue weighted by molar-refractivity contribution is -0.142. The van der Waals surface area contributed by atoms with Gasteiger partial charge in [-0.25, -0.2) is 0 Å². The average Bonchev–Trinajstić information content (AvgIpc) is 2.35. The Hall–Kier alpha value is 0.360. The second kappa shape index (κ2) is 11.1. The lowest BCUT2D eigenvalue weighted by atomic mass is 10.4. The summed E-state index contributed by atoms with van der Waals surface area (Å²) in [5, 5.41) is 0. The van der Waals surface area contributed by atoms with Gasteiger partial charge >= 0.3 is 11.9 Å². The fourth-order valence-corrected chi connectivity index (χ4v) is 1.57. The van der Waals surface area contributed by atoms with Crippen molar-refractivity contribution >= 4 is 57.1 Å². The van der Waals surface area contributed by atoms with Crippen LogP contribution < -0.4 is 0 Å². The molecule has 0 heterocycles. The molecule has 0 saturated carbocycles. The number of likely N-dealkylation sites (N-methyl/N-ethyl adjacent to an activating group) is 1. The molecule has 0 aliphatic rings. The second-order valence-corrected chi connectivity index (χ2v) is 7.74. The van der Waals surface area contributed by atoms with Crippen LogP contribution >= 0.6 is 45.2 Å². The smallest absolute Gasteiger partial charge is 0.318 e. The maximum Gasteiger partial charge on any atom is 0.318 e. The molecule has 0 aliphatic carbocycles. The molecular formula is C12H21I2NO4. The van der Waals surface area contributed by atoms with Gasteiger partial charge in [0, 0.05) is 13.1 Å². The lowest BCUT2D eigenvalue weighted by Gasteiger charge is -2.20. The van der Waals surface area contributed by atoms with Gasteiger partial charge in [-0.05, 0) is 20.4 Å². The number of carbonyl (C=O) groups excluding carboxylic acids is 2. The minimum Gasteiger partial charge on any atom is -0.464 e. The molecule has 112 valence electrons. The molecule has 2 atom stereocenters. The van der Waals surface area contributed by atoms with E-state index in [1.807, 2.05) is 52.1 Å². The van der Waals surface area contributed by atoms with Crippen LogP contribution in [0.3, 0.4) is 0 Å². The quantitative estimate of drug-likeness (QED) is 0.278. The standard InChI is InChI=1S/C12H21I2NO4/c1-4-15(5-7-18-11(16)9(2)13)6-8-19-12(17)10(3)14/h9-10H,4-8H2,1-3H3. The van der Waals surface area contributed by atoms with Gasteiger partial charge in [0.2, 0.25) is 0 Å². The highest BCUT2D eigenvalue weighted by atomic mass is 127. The molecule has 0 fully saturated rings. The van der Waals surface area contributed by atoms with E-state index >= 15 is 0 Å². The third kappa shape index (κ3) is 9.83. The monoisotopic (exact) mass is 497 g/mol. The minimum absolute atomic E-state index is 0.126. The number of hydrogen-bond acceptors (Lipinski definition) is 5. The predicted molar refractivity (Wildman–Crippen MR) is 91.0 cm³/mol. The van der Waals surface area contributed by atoms with Crippen LogP contribution in [0.25, 0.3) is 0 Å². The minimum atomic E-state index is -0.193. The fraction of sp³-hybridized carbons (Fsp3) is 0.833. The summed E-state index contributed by atoms with van der Waals surface area (Å²) in [7, 11) is 0. The predicted octanol–water partition coefficient (Wildman–Crippen LogP) is 2.04. The van der Waals surface area contributed by atoms with E-state index in [0.29, 0.717) is 26.3 Å². The first-order valence-electron chi connectivity index (χ1n) is 6.22. The van der Waals surface area contributed by atoms with Gasteiger partial charge in [-0.3, -0.25) is 14.5 Å². The van der Waals surface area contributed by atoms with E-state index in [9.17, 15) is 9.59 Å². The first-order valence-corrected chi connectivity index (χ1v) is 8.71. The van der Waals surface area contributed by atoms with Crippen LogP contribution in [0.5, 0.6) is 0 Å². The Bertz CT molecular complexity index is 259. The number of esters is 2. The molecular weight excluding hydrogens is 476 g/mol. The molecule has 0 aliphatic heterocycles. The molecule has 0 aromatic rings. The van der Waals surface area contributed by atoms with E-state index in [1.165, 1.54) is 0 Å². The summed E-state index contributed by atoms with van der Waals surface area (Å²) in [5.74, 6) is -0.386. The average molecular weight is 497 g/mol. The highest BCUT2D eigenvalue weighted by Gasteiger charge is 2.12. The molecule has 19 heavy (non-hydrogen) atoms. The van der Waals surface area contributed by atoms with Crippen molar-refractivity contribution < 1.29 is 19.1 Å². The fourth-order valence-electron chi connectivity index (χ4n) is 1.21. The van der Waals surface area contributed by atoms with E-state index in [1.54, 1.807) is 13.8 Å². The largest absolute Gasteiger partial charge is 0.464 e. The summed E-state index contributed by atoms with van der Waals surface area (Å²) in [4.78, 5) is 24.6. The van der Waals surface area contributed by atoms with Gasteiger partial charge in [0.1, 0.15) is 21.1 Å². The van der Waals surface area contributed by atoms with Crippen molar-refractivity contribution in [2.45, 2.75) is 28.6 Å². The number of alkyl halides is 2. The normalized spacial score (nSPS) is 14.0. The Labute approximate surface area is 142 Å². The molecule has 0 aromatic carbocycles. The molecule has 2 unspecified atom stereocenters. The van der Waals surface area contributed by atoms with Crippen LogP contribution in [0.2, 0.25) is 0 Å². The number of ether oxygens (including phenoxy) is 2. The van der Waals surface area contributed by atoms with E-state index in [4.69, 9.17) is 9.47 Å². The summed E-state index contributed by atoms with van der Waals surface area (Å²) in [6.07, 6.45) is 0. The molecule has 5 nitrogen and oxygen atoms in total. The zero-order valence-corrected chi connectivity index (χ0v) is 15.8. The van der Waals surface area contributed by atoms with E-state index in [2.05, 4.69) is 4.90 Å². The maximum absolute atomic E-state index is 11.3. The van der Waals surface area contributed by atoms with Crippen molar-refractivity contribution in [2.24, 2.45) is 0 Å². The number of nitrogens with zero attached hydrogens (tertiary/aromatic N) is 1. The summed E-state index contributed by atoms with van der Waals surface area (Å²) in [5.41, 5.74) is 0. The van der Waals surface area contributed by atoms with Crippen molar-refractivity contribution in [3.63, 3.8) is 0 Å². The van der Waals surface area contributed by atoms with Crippen molar-refractivity contribution in [3.8, 4) is 0 Å². The van der Waals surface area contributed by atoms with E-state index in [0.717, 1.165) is 6.54 Å². The summed E-state index contributed by atoms with van der Waals surface area (Å²) < 4.78 is 9.96. The number of halogens is 2. The molecule has 0 saturated heterocycles. The summed E-state index contributed by atoms with van der Waals surface area (Å²) >= 11 is 4.05. The first-order chi connectivity index (χ1) is 8.88. The zero-order chi connectivity index (χ0) is 14.8. The van der Waals surface area contributed by atoms with Crippen molar-refractivity contribution in [2.75, 3.05) is 32.8 Å². The molecule has 0 aromatic heterocycles. The highest BCUT2D eigenvalue weighted by Crippen LogP contribution is 2.02. The van der Waals surface area contributed by atoms with Gasteiger partial charge < -0.3 is 9.47 Å². The Kier molecular flexibility index (Phi) is 11.3. The molecule has 7 heteroatoms. The van der Waals surface area contributed by atoms with Crippen LogP contribution in [0.15, 0.2) is 0 Å². The Morgan fingerprint density at radius 2 is 1.37 bits per heavy atom. The molecule has 0 N–H and O–H groups in total. The molecule has 0 bridgehead atoms. The Balaban J connectivity index is 3.78. The Morgan fingerprint density at radius 3 is 1.63 bits per heavy atom. The van der Waals surface area contributed by atoms with Gasteiger partial charge in [0.15, 0.2) is 0 Å². The Morgan fingerprint density at radius 1 is 1.00 bits per heavy atom. The first kappa shape index (κ1) is 19.4. The van der Waals surface area contributed by atoms with Gasteiger partial charge in [-0.1, -0.05) is 52.1 Å². The SMILES string of the molecule is CCN(CCOC(=O)C(C)I)CCOC(=O)C(C)I. The molecule has 0 radical (unpaired) electrons. The van der Waals surface area contributed by atoms with Crippen molar-refractivity contribution in [1.82, 2.24) is 4.90 Å². The maximum atomic E-state index is 11.3. The van der Waals surface area contributed by atoms with Gasteiger partial charge in [0.05, 0.1) is 0 Å². The summed E-state index contributed by atoms with van der Waals surface area (Å²) in [6.45, 7) is 8.50. The topological polar surface area (TPSA) is 55.8 Å². The van der Waals surface area contributed by atoms with Crippen LogP contribution in [-0.4, -0.2) is 57.5 Å². The highest BCUT2D eigenvalue weighted by molar-refractivity contribution is 14.1. The third-order valence-corrected chi connectivity index (χ3v) is 3.42. The lowest BCUT2D eigenvalue weighted by Crippen LogP contribution is -2.33. The van der Waals surface area contributed by atoms with Gasteiger partial charge in [-0.15, -0.1) is 0 Å². The number of carbonyl (C=O) groups is 2. The van der Waals surface area contributed by atoms with Crippen molar-refractivity contribution in [3.05, 3.63) is 0 Å². The molecule has 0 amide bonds. The van der Waals surface area contributed by atoms with E-state index < -0.39 is 0 Å². The third-order valence-electron chi connectivity index (χ3n) is 2.40. The van der Waals surface area contributed by atoms with E-state index in [-0.39, 0.29) is 19.8 Å². The van der Waals surface area contributed by atoms with Crippen LogP contribution in [0.1, 0.15) is 20.8 Å². The summed E-state index contributed by atoms with van der Waals surface area (Å²) in [6, 6.07) is 0. The van der Waals surface area contributed by atoms with Crippen LogP contribution in [0, 0.1) is 0 Å². The van der Waals surface area contributed by atoms with Crippen molar-refractivity contribution in [1.29, 1.82) is 0 Å². The second-order valence-electron chi connectivity index (χ2n) is 4.00. The number of hydrogen-bond donors (Lipinski definition) is 0. The van der Waals surface area contributed by atoms with Crippen LogP contribution in [0.4, 0.5) is 0 Å². The van der Waals surface area contributed by atoms with Crippen LogP contribution in [-0.2, 0) is 19.1 Å². The zero-order valence-electron chi connectivity index (χ0n) is 11.5. The van der Waals surface area contributed by atoms with Gasteiger partial charge in [0.25, 0.3) is 0 Å². The number of rotatable bonds is 9. The van der Waals surface area contributed by atoms with Gasteiger partial charge in [-0.2, -0.15) is 0 Å². The molecule has 0 rings (SSSR count). The molecule has 0 spiro atoms.